The van der Waals surface area contributed by atoms with Gasteiger partial charge in [0.25, 0.3) is 15.9 Å². The Balaban J connectivity index is 1.89. The predicted octanol–water partition coefficient (Wildman–Crippen LogP) is 4.28. The maximum absolute atomic E-state index is 13.0. The number of nitrogens with zero attached hydrogens (tertiary/aromatic N) is 1. The van der Waals surface area contributed by atoms with E-state index in [1.807, 2.05) is 13.0 Å². The van der Waals surface area contributed by atoms with Crippen molar-refractivity contribution in [1.29, 1.82) is 0 Å². The smallest absolute Gasteiger partial charge is 0.264 e. The summed E-state index contributed by atoms with van der Waals surface area (Å²) in [6.45, 7) is 5.34. The summed E-state index contributed by atoms with van der Waals surface area (Å²) < 4.78 is 32.6. The minimum absolute atomic E-state index is 0.0912. The molecule has 0 saturated heterocycles. The highest BCUT2D eigenvalue weighted by Crippen LogP contribution is 2.25. The Kier molecular flexibility index (Phi) is 5.29. The van der Waals surface area contributed by atoms with Gasteiger partial charge in [0.05, 0.1) is 16.1 Å². The molecule has 1 heterocycles. The highest BCUT2D eigenvalue weighted by molar-refractivity contribution is 7.92. The van der Waals surface area contributed by atoms with Crippen molar-refractivity contribution in [3.8, 4) is 0 Å². The van der Waals surface area contributed by atoms with Crippen LogP contribution in [0.4, 0.5) is 11.4 Å². The third-order valence-corrected chi connectivity index (χ3v) is 6.44. The van der Waals surface area contributed by atoms with Gasteiger partial charge in [-0.25, -0.2) is 8.42 Å². The van der Waals surface area contributed by atoms with Gasteiger partial charge in [0.1, 0.15) is 11.5 Å². The zero-order chi connectivity index (χ0) is 20.5. The molecule has 0 fully saturated rings. The molecule has 0 atom stereocenters. The second kappa shape index (κ2) is 7.52. The number of rotatable bonds is 5. The summed E-state index contributed by atoms with van der Waals surface area (Å²) in [4.78, 5) is 12.7. The third-order valence-electron chi connectivity index (χ3n) is 4.66. The number of carbonyl (C=O) groups is 1. The molecule has 1 amide bonds. The third kappa shape index (κ3) is 3.66. The van der Waals surface area contributed by atoms with Gasteiger partial charge in [-0.2, -0.15) is 0 Å². The molecule has 0 aliphatic heterocycles. The maximum atomic E-state index is 13.0. The molecule has 0 aliphatic carbocycles. The molecule has 1 aromatic heterocycles. The highest BCUT2D eigenvalue weighted by Gasteiger charge is 2.23. The molecule has 6 nitrogen and oxygen atoms in total. The van der Waals surface area contributed by atoms with Crippen LogP contribution < -0.4 is 9.62 Å². The Bertz CT molecular complexity index is 1120. The molecule has 0 bridgehead atoms. The number of hydrogen-bond donors (Lipinski definition) is 1. The van der Waals surface area contributed by atoms with Crippen molar-refractivity contribution in [2.24, 2.45) is 0 Å². The Morgan fingerprint density at radius 2 is 1.64 bits per heavy atom. The topological polar surface area (TPSA) is 79.6 Å². The average molecular weight is 398 g/mol. The lowest BCUT2D eigenvalue weighted by Gasteiger charge is -2.19. The van der Waals surface area contributed by atoms with Crippen LogP contribution in [0, 0.1) is 20.8 Å². The van der Waals surface area contributed by atoms with Gasteiger partial charge in [-0.15, -0.1) is 0 Å². The average Bonchev–Trinajstić information content (AvgIpc) is 2.93. The van der Waals surface area contributed by atoms with Gasteiger partial charge in [-0.1, -0.05) is 24.3 Å². The van der Waals surface area contributed by atoms with Gasteiger partial charge < -0.3 is 9.73 Å². The Morgan fingerprint density at radius 1 is 0.964 bits per heavy atom. The minimum atomic E-state index is -3.76. The van der Waals surface area contributed by atoms with E-state index in [1.54, 1.807) is 50.2 Å². The first kappa shape index (κ1) is 19.7. The van der Waals surface area contributed by atoms with Gasteiger partial charge in [-0.3, -0.25) is 9.10 Å². The van der Waals surface area contributed by atoms with Gasteiger partial charge in [0.2, 0.25) is 0 Å². The van der Waals surface area contributed by atoms with E-state index in [4.69, 9.17) is 4.42 Å². The van der Waals surface area contributed by atoms with E-state index in [1.165, 1.54) is 23.5 Å². The van der Waals surface area contributed by atoms with E-state index < -0.39 is 10.0 Å². The number of para-hydroxylation sites is 1. The number of carbonyl (C=O) groups excluding carboxylic acids is 1. The first-order valence-corrected chi connectivity index (χ1v) is 10.2. The lowest BCUT2D eigenvalue weighted by Crippen LogP contribution is -2.26. The molecule has 3 aromatic rings. The molecule has 0 unspecified atom stereocenters. The van der Waals surface area contributed by atoms with Crippen LogP contribution in [0.25, 0.3) is 0 Å². The van der Waals surface area contributed by atoms with Crippen molar-refractivity contribution in [3.63, 3.8) is 0 Å². The lowest BCUT2D eigenvalue weighted by atomic mass is 10.1. The summed E-state index contributed by atoms with van der Waals surface area (Å²) >= 11 is 0. The second-order valence-electron chi connectivity index (χ2n) is 6.50. The van der Waals surface area contributed by atoms with Crippen LogP contribution in [0.3, 0.4) is 0 Å². The number of benzene rings is 2. The van der Waals surface area contributed by atoms with Crippen LogP contribution in [-0.4, -0.2) is 21.4 Å². The number of aryl methyl sites for hydroxylation is 2. The van der Waals surface area contributed by atoms with Crippen LogP contribution in [0.1, 0.15) is 27.4 Å². The van der Waals surface area contributed by atoms with E-state index in [0.717, 1.165) is 5.56 Å². The molecule has 2 aromatic carbocycles. The fourth-order valence-electron chi connectivity index (χ4n) is 2.99. The number of sulfonamides is 1. The molecule has 0 saturated carbocycles. The fraction of sp³-hybridized carbons (Fsp3) is 0.190. The number of nitrogens with one attached hydrogen (secondary N) is 1. The molecular formula is C21H22N2O4S. The summed E-state index contributed by atoms with van der Waals surface area (Å²) in [6, 6.07) is 15.0. The van der Waals surface area contributed by atoms with E-state index in [-0.39, 0.29) is 10.8 Å². The van der Waals surface area contributed by atoms with Gasteiger partial charge >= 0.3 is 0 Å². The van der Waals surface area contributed by atoms with Crippen molar-refractivity contribution in [1.82, 2.24) is 0 Å². The maximum Gasteiger partial charge on any atom is 0.264 e. The van der Waals surface area contributed by atoms with Gasteiger partial charge in [0.15, 0.2) is 0 Å². The molecule has 146 valence electrons. The number of amides is 1. The first-order chi connectivity index (χ1) is 13.2. The number of anilines is 2. The summed E-state index contributed by atoms with van der Waals surface area (Å²) in [5.74, 6) is 0.876. The normalized spacial score (nSPS) is 11.3. The number of furan rings is 1. The van der Waals surface area contributed by atoms with E-state index in [9.17, 15) is 13.2 Å². The van der Waals surface area contributed by atoms with Crippen LogP contribution >= 0.6 is 0 Å². The van der Waals surface area contributed by atoms with Crippen molar-refractivity contribution < 1.29 is 17.6 Å². The largest absolute Gasteiger partial charge is 0.466 e. The molecule has 0 radical (unpaired) electrons. The summed E-state index contributed by atoms with van der Waals surface area (Å²) in [5.41, 5.74) is 2.18. The van der Waals surface area contributed by atoms with Crippen LogP contribution in [0.2, 0.25) is 0 Å². The quantitative estimate of drug-likeness (QED) is 0.696. The Morgan fingerprint density at radius 3 is 2.25 bits per heavy atom. The van der Waals surface area contributed by atoms with Gasteiger partial charge in [-0.05, 0) is 51.1 Å². The van der Waals surface area contributed by atoms with Crippen LogP contribution in [0.5, 0.6) is 0 Å². The van der Waals surface area contributed by atoms with Gasteiger partial charge in [0, 0.05) is 18.3 Å². The monoisotopic (exact) mass is 398 g/mol. The zero-order valence-electron chi connectivity index (χ0n) is 16.2. The predicted molar refractivity (Wildman–Crippen MR) is 109 cm³/mol. The van der Waals surface area contributed by atoms with Crippen molar-refractivity contribution in [3.05, 3.63) is 77.2 Å². The Labute approximate surface area is 164 Å². The lowest BCUT2D eigenvalue weighted by molar-refractivity contribution is 0.102. The summed E-state index contributed by atoms with van der Waals surface area (Å²) in [5, 5.41) is 2.76. The molecule has 0 spiro atoms. The fourth-order valence-corrected chi connectivity index (χ4v) is 4.23. The molecule has 1 N–H and O–H groups in total. The summed E-state index contributed by atoms with van der Waals surface area (Å²) in [7, 11) is -2.27. The standard InChI is InChI=1S/C21H22N2O4S/c1-14-15(2)27-16(3)20(14)21(24)22-17-9-8-12-19(13-17)28(25,26)23(4)18-10-6-5-7-11-18/h5-13H,1-4H3,(H,22,24). The highest BCUT2D eigenvalue weighted by atomic mass is 32.2. The molecular weight excluding hydrogens is 376 g/mol. The van der Waals surface area contributed by atoms with Crippen molar-refractivity contribution >= 4 is 27.3 Å². The zero-order valence-corrected chi connectivity index (χ0v) is 17.0. The van der Waals surface area contributed by atoms with Crippen molar-refractivity contribution in [2.45, 2.75) is 25.7 Å². The minimum Gasteiger partial charge on any atom is -0.466 e. The van der Waals surface area contributed by atoms with Crippen LogP contribution in [-0.2, 0) is 10.0 Å². The molecule has 7 heteroatoms. The summed E-state index contributed by atoms with van der Waals surface area (Å²) in [6.07, 6.45) is 0. The van der Waals surface area contributed by atoms with Crippen molar-refractivity contribution in [2.75, 3.05) is 16.7 Å². The molecule has 3 rings (SSSR count). The SMILES string of the molecule is Cc1oc(C)c(C(=O)Nc2cccc(S(=O)(=O)N(C)c3ccccc3)c2)c1C. The second-order valence-corrected chi connectivity index (χ2v) is 8.47. The first-order valence-electron chi connectivity index (χ1n) is 8.74. The molecule has 28 heavy (non-hydrogen) atoms. The Hall–Kier alpha value is -3.06. The molecule has 0 aliphatic rings. The van der Waals surface area contributed by atoms with E-state index >= 15 is 0 Å². The number of hydrogen-bond acceptors (Lipinski definition) is 4. The van der Waals surface area contributed by atoms with E-state index in [2.05, 4.69) is 5.32 Å². The van der Waals surface area contributed by atoms with Crippen LogP contribution in [0.15, 0.2) is 63.9 Å². The van der Waals surface area contributed by atoms with E-state index in [0.29, 0.717) is 28.5 Å².